The van der Waals surface area contributed by atoms with Gasteiger partial charge in [-0.15, -0.1) is 0 Å². The molecule has 2 heterocycles. The van der Waals surface area contributed by atoms with Crippen molar-refractivity contribution in [1.29, 1.82) is 0 Å². The molecule has 1 amide bonds. The second kappa shape index (κ2) is 8.91. The number of unbranched alkanes of at least 4 members (excludes halogenated alkanes) is 3. The van der Waals surface area contributed by atoms with Gasteiger partial charge in [-0.1, -0.05) is 38.3 Å². The van der Waals surface area contributed by atoms with Crippen molar-refractivity contribution < 1.29 is 4.79 Å². The summed E-state index contributed by atoms with van der Waals surface area (Å²) in [7, 11) is 1.99. The van der Waals surface area contributed by atoms with Gasteiger partial charge in [0.05, 0.1) is 11.4 Å². The van der Waals surface area contributed by atoms with Crippen molar-refractivity contribution in [1.82, 2.24) is 19.7 Å². The lowest BCUT2D eigenvalue weighted by Crippen LogP contribution is -2.27. The number of aromatic nitrogens is 3. The molecule has 2 aromatic heterocycles. The smallest absolute Gasteiger partial charge is 0.270 e. The number of hydrogen-bond acceptors (Lipinski definition) is 2. The molecule has 0 spiro atoms. The third-order valence-electron chi connectivity index (χ3n) is 5.06. The highest BCUT2D eigenvalue weighted by Crippen LogP contribution is 2.24. The number of rotatable bonds is 8. The summed E-state index contributed by atoms with van der Waals surface area (Å²) in [5.74, 6) is -0.0784. The Kier molecular flexibility index (Phi) is 6.34. The highest BCUT2D eigenvalue weighted by Gasteiger charge is 2.19. The van der Waals surface area contributed by atoms with Gasteiger partial charge in [-0.2, -0.15) is 5.10 Å². The lowest BCUT2D eigenvalue weighted by atomic mass is 10.1. The molecule has 5 nitrogen and oxygen atoms in total. The van der Waals surface area contributed by atoms with Crippen LogP contribution in [0.15, 0.2) is 42.6 Å². The Morgan fingerprint density at radius 2 is 1.93 bits per heavy atom. The third-order valence-corrected chi connectivity index (χ3v) is 5.06. The predicted molar refractivity (Wildman–Crippen MR) is 114 cm³/mol. The lowest BCUT2D eigenvalue weighted by molar-refractivity contribution is 0.0945. The van der Waals surface area contributed by atoms with E-state index < -0.39 is 0 Å². The van der Waals surface area contributed by atoms with Crippen LogP contribution in [0, 0.1) is 13.8 Å². The molecule has 0 aliphatic carbocycles. The van der Waals surface area contributed by atoms with Crippen LogP contribution >= 0.6 is 0 Å². The van der Waals surface area contributed by atoms with Crippen LogP contribution in [-0.4, -0.2) is 26.8 Å². The van der Waals surface area contributed by atoms with Gasteiger partial charge < -0.3 is 9.88 Å². The van der Waals surface area contributed by atoms with Crippen molar-refractivity contribution in [3.8, 4) is 17.1 Å². The van der Waals surface area contributed by atoms with Crippen LogP contribution < -0.4 is 5.32 Å². The van der Waals surface area contributed by atoms with E-state index >= 15 is 0 Å². The van der Waals surface area contributed by atoms with Crippen molar-refractivity contribution in [2.45, 2.75) is 46.5 Å². The van der Waals surface area contributed by atoms with Crippen LogP contribution in [0.3, 0.4) is 0 Å². The number of amides is 1. The Balaban J connectivity index is 1.95. The molecule has 0 aliphatic heterocycles. The van der Waals surface area contributed by atoms with Crippen molar-refractivity contribution in [2.75, 3.05) is 6.54 Å². The highest BCUT2D eigenvalue weighted by atomic mass is 16.2. The molecule has 0 saturated heterocycles. The number of carbonyl (C=O) groups excluding carboxylic acids is 1. The predicted octanol–water partition coefficient (Wildman–Crippen LogP) is 4.80. The molecule has 0 saturated carbocycles. The first-order chi connectivity index (χ1) is 13.5. The second-order valence-electron chi connectivity index (χ2n) is 7.44. The Morgan fingerprint density at radius 3 is 2.64 bits per heavy atom. The van der Waals surface area contributed by atoms with Crippen LogP contribution in [0.2, 0.25) is 0 Å². The molecule has 148 valence electrons. The molecule has 0 unspecified atom stereocenters. The lowest BCUT2D eigenvalue weighted by Gasteiger charge is -2.11. The zero-order valence-electron chi connectivity index (χ0n) is 17.3. The molecule has 3 aromatic rings. The van der Waals surface area contributed by atoms with E-state index in [1.807, 2.05) is 42.9 Å². The van der Waals surface area contributed by atoms with Crippen LogP contribution in [-0.2, 0) is 7.05 Å². The summed E-state index contributed by atoms with van der Waals surface area (Å²) in [6.07, 6.45) is 6.52. The first-order valence-electron chi connectivity index (χ1n) is 10.1. The Bertz CT molecular complexity index is 951. The van der Waals surface area contributed by atoms with Gasteiger partial charge in [-0.05, 0) is 55.7 Å². The normalized spacial score (nSPS) is 11.0. The minimum atomic E-state index is -0.0784. The molecule has 0 bridgehead atoms. The van der Waals surface area contributed by atoms with Crippen LogP contribution in [0.25, 0.3) is 17.1 Å². The molecule has 0 fully saturated rings. The summed E-state index contributed by atoms with van der Waals surface area (Å²) in [5.41, 5.74) is 5.52. The van der Waals surface area contributed by atoms with E-state index in [1.54, 1.807) is 4.68 Å². The van der Waals surface area contributed by atoms with Crippen LogP contribution in [0.5, 0.6) is 0 Å². The number of benzene rings is 1. The molecule has 5 heteroatoms. The first kappa shape index (κ1) is 19.9. The third kappa shape index (κ3) is 4.35. The fourth-order valence-electron chi connectivity index (χ4n) is 3.37. The van der Waals surface area contributed by atoms with E-state index in [-0.39, 0.29) is 5.91 Å². The summed E-state index contributed by atoms with van der Waals surface area (Å²) in [4.78, 5) is 13.0. The Hall–Kier alpha value is -2.82. The van der Waals surface area contributed by atoms with Crippen molar-refractivity contribution in [2.24, 2.45) is 7.05 Å². The molecule has 0 atom stereocenters. The quantitative estimate of drug-likeness (QED) is 0.572. The Labute approximate surface area is 167 Å². The average molecular weight is 379 g/mol. The molecule has 1 aromatic carbocycles. The highest BCUT2D eigenvalue weighted by molar-refractivity contribution is 5.94. The molecule has 3 rings (SSSR count). The van der Waals surface area contributed by atoms with Crippen LogP contribution in [0.1, 0.15) is 54.2 Å². The van der Waals surface area contributed by atoms with Gasteiger partial charge in [-0.25, -0.2) is 4.68 Å². The summed E-state index contributed by atoms with van der Waals surface area (Å²) in [6.45, 7) is 6.98. The molecular formula is C23H30N4O. The minimum Gasteiger partial charge on any atom is -0.351 e. The number of nitrogens with zero attached hydrogens (tertiary/aromatic N) is 3. The Morgan fingerprint density at radius 1 is 1.11 bits per heavy atom. The number of carbonyl (C=O) groups is 1. The van der Waals surface area contributed by atoms with Crippen molar-refractivity contribution >= 4 is 5.91 Å². The average Bonchev–Trinajstić information content (AvgIpc) is 3.29. The zero-order chi connectivity index (χ0) is 20.1. The number of nitrogens with one attached hydrogen (secondary N) is 1. The van der Waals surface area contributed by atoms with E-state index in [4.69, 9.17) is 5.10 Å². The van der Waals surface area contributed by atoms with Crippen LogP contribution in [0.4, 0.5) is 0 Å². The maximum absolute atomic E-state index is 13.0. The van der Waals surface area contributed by atoms with E-state index in [0.717, 1.165) is 41.0 Å². The maximum atomic E-state index is 13.0. The maximum Gasteiger partial charge on any atom is 0.270 e. The van der Waals surface area contributed by atoms with Crippen molar-refractivity contribution in [3.05, 3.63) is 59.4 Å². The van der Waals surface area contributed by atoms with Gasteiger partial charge in [0.25, 0.3) is 5.91 Å². The van der Waals surface area contributed by atoms with E-state index in [1.165, 1.54) is 12.8 Å². The van der Waals surface area contributed by atoms with Gasteiger partial charge >= 0.3 is 0 Å². The SMILES string of the molecule is CCCCCCNC(=O)c1cc(-c2cccn2C)nn1-c1cc(C)ccc1C. The number of hydrogen-bond donors (Lipinski definition) is 1. The van der Waals surface area contributed by atoms with Gasteiger partial charge in [-0.3, -0.25) is 4.79 Å². The molecule has 0 radical (unpaired) electrons. The van der Waals surface area contributed by atoms with Gasteiger partial charge in [0.2, 0.25) is 0 Å². The molecule has 28 heavy (non-hydrogen) atoms. The fraction of sp³-hybridized carbons (Fsp3) is 0.391. The topological polar surface area (TPSA) is 51.9 Å². The monoisotopic (exact) mass is 378 g/mol. The van der Waals surface area contributed by atoms with Gasteiger partial charge in [0.1, 0.15) is 11.4 Å². The molecule has 1 N–H and O–H groups in total. The fourth-order valence-corrected chi connectivity index (χ4v) is 3.37. The second-order valence-corrected chi connectivity index (χ2v) is 7.44. The summed E-state index contributed by atoms with van der Waals surface area (Å²) in [5, 5.41) is 7.87. The summed E-state index contributed by atoms with van der Waals surface area (Å²) >= 11 is 0. The molecule has 0 aliphatic rings. The van der Waals surface area contributed by atoms with E-state index in [2.05, 4.69) is 37.4 Å². The van der Waals surface area contributed by atoms with E-state index in [0.29, 0.717) is 12.2 Å². The van der Waals surface area contributed by atoms with E-state index in [9.17, 15) is 4.79 Å². The minimum absolute atomic E-state index is 0.0784. The summed E-state index contributed by atoms with van der Waals surface area (Å²) in [6, 6.07) is 12.1. The zero-order valence-corrected chi connectivity index (χ0v) is 17.3. The standard InChI is InChI=1S/C23H30N4O/c1-5-6-7-8-13-24-23(28)22-16-19(20-10-9-14-26(20)4)25-27(22)21-15-17(2)11-12-18(21)3/h9-12,14-16H,5-8,13H2,1-4H3,(H,24,28). The summed E-state index contributed by atoms with van der Waals surface area (Å²) < 4.78 is 3.80. The van der Waals surface area contributed by atoms with Crippen molar-refractivity contribution in [3.63, 3.8) is 0 Å². The largest absolute Gasteiger partial charge is 0.351 e. The first-order valence-corrected chi connectivity index (χ1v) is 10.1. The van der Waals surface area contributed by atoms with Gasteiger partial charge in [0, 0.05) is 19.8 Å². The number of aryl methyl sites for hydroxylation is 3. The molecular weight excluding hydrogens is 348 g/mol. The van der Waals surface area contributed by atoms with Gasteiger partial charge in [0.15, 0.2) is 0 Å².